The second-order valence-corrected chi connectivity index (χ2v) is 9.24. The quantitative estimate of drug-likeness (QED) is 0.541. The minimum Gasteiger partial charge on any atom is -0.0795 e. The van der Waals surface area contributed by atoms with E-state index in [1.54, 1.807) is 0 Å². The largest absolute Gasteiger partial charge is 0.0795 e. The molecule has 0 amide bonds. The van der Waals surface area contributed by atoms with Crippen LogP contribution in [-0.2, 0) is 17.3 Å². The SMILES string of the molecule is Cc1ccc2c(c1-c1cc(C(C)(C)C)cc(C(C)(C)C)c1)C=CC2. The molecule has 0 aliphatic heterocycles. The maximum Gasteiger partial charge on any atom is -0.00792 e. The second kappa shape index (κ2) is 5.62. The maximum atomic E-state index is 2.41. The zero-order valence-electron chi connectivity index (χ0n) is 16.2. The van der Waals surface area contributed by atoms with Gasteiger partial charge in [-0.2, -0.15) is 0 Å². The van der Waals surface area contributed by atoms with Crippen LogP contribution in [0.5, 0.6) is 0 Å². The highest BCUT2D eigenvalue weighted by Gasteiger charge is 2.22. The second-order valence-electron chi connectivity index (χ2n) is 9.24. The van der Waals surface area contributed by atoms with Crippen LogP contribution < -0.4 is 0 Å². The van der Waals surface area contributed by atoms with Gasteiger partial charge in [0.15, 0.2) is 0 Å². The molecule has 0 bridgehead atoms. The molecule has 24 heavy (non-hydrogen) atoms. The first kappa shape index (κ1) is 17.0. The molecule has 1 aliphatic rings. The fourth-order valence-electron chi connectivity index (χ4n) is 3.46. The molecule has 0 aromatic heterocycles. The zero-order chi connectivity index (χ0) is 17.7. The summed E-state index contributed by atoms with van der Waals surface area (Å²) in [7, 11) is 0. The molecule has 0 nitrogen and oxygen atoms in total. The standard InChI is InChI=1S/C24H30/c1-16-11-12-17-9-8-10-21(17)22(16)18-13-19(23(2,3)4)15-20(14-18)24(5,6)7/h8,10-15H,9H2,1-7H3. The molecule has 2 aromatic rings. The summed E-state index contributed by atoms with van der Waals surface area (Å²) in [5.41, 5.74) is 10.2. The average Bonchev–Trinajstić information content (AvgIpc) is 2.93. The molecule has 126 valence electrons. The van der Waals surface area contributed by atoms with E-state index < -0.39 is 0 Å². The lowest BCUT2D eigenvalue weighted by atomic mass is 9.78. The molecule has 0 unspecified atom stereocenters. The van der Waals surface area contributed by atoms with Crippen molar-refractivity contribution < 1.29 is 0 Å². The Labute approximate surface area is 147 Å². The van der Waals surface area contributed by atoms with Crippen LogP contribution in [0.2, 0.25) is 0 Å². The van der Waals surface area contributed by atoms with Crippen molar-refractivity contribution in [1.82, 2.24) is 0 Å². The van der Waals surface area contributed by atoms with E-state index in [0.717, 1.165) is 6.42 Å². The molecule has 0 heterocycles. The lowest BCUT2D eigenvalue weighted by Crippen LogP contribution is -2.16. The molecule has 1 aliphatic carbocycles. The molecule has 0 heteroatoms. The van der Waals surface area contributed by atoms with Gasteiger partial charge in [0.25, 0.3) is 0 Å². The third-order valence-electron chi connectivity index (χ3n) is 5.12. The highest BCUT2D eigenvalue weighted by molar-refractivity contribution is 5.82. The van der Waals surface area contributed by atoms with E-state index in [2.05, 4.69) is 91.0 Å². The van der Waals surface area contributed by atoms with Crippen LogP contribution >= 0.6 is 0 Å². The average molecular weight is 319 g/mol. The Balaban J connectivity index is 2.30. The molecular weight excluding hydrogens is 288 g/mol. The third kappa shape index (κ3) is 3.07. The number of fused-ring (bicyclic) bond motifs is 1. The van der Waals surface area contributed by atoms with Gasteiger partial charge in [-0.1, -0.05) is 84.0 Å². The van der Waals surface area contributed by atoms with E-state index in [1.807, 2.05) is 0 Å². The van der Waals surface area contributed by atoms with Gasteiger partial charge in [0.2, 0.25) is 0 Å². The molecule has 0 spiro atoms. The highest BCUT2D eigenvalue weighted by Crippen LogP contribution is 2.38. The number of aryl methyl sites for hydroxylation is 1. The van der Waals surface area contributed by atoms with Gasteiger partial charge < -0.3 is 0 Å². The summed E-state index contributed by atoms with van der Waals surface area (Å²) in [4.78, 5) is 0. The Morgan fingerprint density at radius 3 is 1.92 bits per heavy atom. The summed E-state index contributed by atoms with van der Waals surface area (Å²) < 4.78 is 0. The van der Waals surface area contributed by atoms with Gasteiger partial charge in [-0.3, -0.25) is 0 Å². The van der Waals surface area contributed by atoms with Crippen molar-refractivity contribution in [2.75, 3.05) is 0 Å². The lowest BCUT2D eigenvalue weighted by molar-refractivity contribution is 0.569. The van der Waals surface area contributed by atoms with E-state index in [4.69, 9.17) is 0 Å². The van der Waals surface area contributed by atoms with Gasteiger partial charge in [-0.05, 0) is 63.1 Å². The van der Waals surface area contributed by atoms with Crippen LogP contribution in [0.1, 0.15) is 69.4 Å². The Bertz CT molecular complexity index is 773. The van der Waals surface area contributed by atoms with Crippen molar-refractivity contribution in [3.8, 4) is 11.1 Å². The number of hydrogen-bond acceptors (Lipinski definition) is 0. The number of hydrogen-bond donors (Lipinski definition) is 0. The third-order valence-corrected chi connectivity index (χ3v) is 5.12. The zero-order valence-corrected chi connectivity index (χ0v) is 16.2. The summed E-state index contributed by atoms with van der Waals surface area (Å²) in [6.45, 7) is 16.1. The topological polar surface area (TPSA) is 0 Å². The molecule has 0 N–H and O–H groups in total. The Morgan fingerprint density at radius 1 is 0.792 bits per heavy atom. The maximum absolute atomic E-state index is 2.41. The molecule has 3 rings (SSSR count). The van der Waals surface area contributed by atoms with Gasteiger partial charge in [-0.15, -0.1) is 0 Å². The summed E-state index contributed by atoms with van der Waals surface area (Å²) in [6, 6.07) is 11.8. The first-order chi connectivity index (χ1) is 11.1. The van der Waals surface area contributed by atoms with E-state index in [-0.39, 0.29) is 10.8 Å². The predicted octanol–water partition coefficient (Wildman–Crippen LogP) is 6.83. The van der Waals surface area contributed by atoms with Gasteiger partial charge >= 0.3 is 0 Å². The molecule has 0 fully saturated rings. The van der Waals surface area contributed by atoms with Crippen molar-refractivity contribution in [1.29, 1.82) is 0 Å². The van der Waals surface area contributed by atoms with Crippen LogP contribution in [0.15, 0.2) is 36.4 Å². The smallest absolute Gasteiger partial charge is 0.00792 e. The van der Waals surface area contributed by atoms with E-state index in [1.165, 1.54) is 38.9 Å². The lowest BCUT2D eigenvalue weighted by Gasteiger charge is -2.27. The molecule has 2 aromatic carbocycles. The van der Waals surface area contributed by atoms with Crippen LogP contribution in [0.25, 0.3) is 17.2 Å². The van der Waals surface area contributed by atoms with Crippen molar-refractivity contribution in [2.45, 2.75) is 65.7 Å². The predicted molar refractivity (Wildman–Crippen MR) is 107 cm³/mol. The summed E-state index contributed by atoms with van der Waals surface area (Å²) in [5.74, 6) is 0. The first-order valence-corrected chi connectivity index (χ1v) is 9.03. The van der Waals surface area contributed by atoms with Gasteiger partial charge in [0.1, 0.15) is 0 Å². The van der Waals surface area contributed by atoms with Gasteiger partial charge in [-0.25, -0.2) is 0 Å². The van der Waals surface area contributed by atoms with Crippen molar-refractivity contribution >= 4 is 6.08 Å². The highest BCUT2D eigenvalue weighted by atomic mass is 14.3. The fraction of sp³-hybridized carbons (Fsp3) is 0.417. The Hall–Kier alpha value is -1.82. The fourth-order valence-corrected chi connectivity index (χ4v) is 3.46. The monoisotopic (exact) mass is 318 g/mol. The van der Waals surface area contributed by atoms with Crippen LogP contribution in [-0.4, -0.2) is 0 Å². The van der Waals surface area contributed by atoms with Crippen molar-refractivity contribution in [3.05, 3.63) is 64.2 Å². The molecule has 0 saturated heterocycles. The summed E-state index contributed by atoms with van der Waals surface area (Å²) in [6.07, 6.45) is 5.65. The minimum absolute atomic E-state index is 0.151. The van der Waals surface area contributed by atoms with Crippen molar-refractivity contribution in [2.24, 2.45) is 0 Å². The first-order valence-electron chi connectivity index (χ1n) is 9.03. The van der Waals surface area contributed by atoms with Crippen LogP contribution in [0, 0.1) is 6.92 Å². The van der Waals surface area contributed by atoms with Gasteiger partial charge in [0.05, 0.1) is 0 Å². The van der Waals surface area contributed by atoms with E-state index in [0.29, 0.717) is 0 Å². The number of allylic oxidation sites excluding steroid dienone is 1. The van der Waals surface area contributed by atoms with Crippen LogP contribution in [0.4, 0.5) is 0 Å². The Morgan fingerprint density at radius 2 is 1.38 bits per heavy atom. The minimum atomic E-state index is 0.151. The molecule has 0 saturated carbocycles. The Kier molecular flexibility index (Phi) is 3.98. The molecule has 0 radical (unpaired) electrons. The normalized spacial score (nSPS) is 14.1. The number of rotatable bonds is 1. The van der Waals surface area contributed by atoms with Crippen LogP contribution in [0.3, 0.4) is 0 Å². The van der Waals surface area contributed by atoms with E-state index >= 15 is 0 Å². The summed E-state index contributed by atoms with van der Waals surface area (Å²) in [5, 5.41) is 0. The molecular formula is C24H30. The summed E-state index contributed by atoms with van der Waals surface area (Å²) >= 11 is 0. The number of benzene rings is 2. The van der Waals surface area contributed by atoms with E-state index in [9.17, 15) is 0 Å². The van der Waals surface area contributed by atoms with Gasteiger partial charge in [0, 0.05) is 0 Å². The van der Waals surface area contributed by atoms with Crippen molar-refractivity contribution in [3.63, 3.8) is 0 Å². The molecule has 0 atom stereocenters.